The van der Waals surface area contributed by atoms with Gasteiger partial charge in [-0.15, -0.1) is 0 Å². The van der Waals surface area contributed by atoms with E-state index in [0.29, 0.717) is 5.02 Å². The van der Waals surface area contributed by atoms with Crippen molar-refractivity contribution >= 4 is 23.4 Å². The number of hydrogen-bond donors (Lipinski definition) is 1. The molecule has 2 amide bonds. The maximum atomic E-state index is 11.8. The van der Waals surface area contributed by atoms with E-state index in [4.69, 9.17) is 22.1 Å². The lowest BCUT2D eigenvalue weighted by Crippen LogP contribution is -2.36. The van der Waals surface area contributed by atoms with Crippen LogP contribution in [0.2, 0.25) is 5.02 Å². The molecule has 5 nitrogen and oxygen atoms in total. The van der Waals surface area contributed by atoms with E-state index in [9.17, 15) is 9.59 Å². The smallest absolute Gasteiger partial charge is 0.260 e. The summed E-state index contributed by atoms with van der Waals surface area (Å²) >= 11 is 5.82. The number of benzene rings is 1. The Bertz CT molecular complexity index is 489. The zero-order chi connectivity index (χ0) is 14.6. The molecule has 0 unspecified atom stereocenters. The molecule has 0 saturated heterocycles. The summed E-state index contributed by atoms with van der Waals surface area (Å²) in [5.74, 6) is -0.604. The molecule has 0 aliphatic carbocycles. The van der Waals surface area contributed by atoms with Gasteiger partial charge in [-0.3, -0.25) is 9.59 Å². The molecular weight excluding hydrogens is 268 g/mol. The molecule has 1 aromatic carbocycles. The van der Waals surface area contributed by atoms with E-state index >= 15 is 0 Å². The van der Waals surface area contributed by atoms with Crippen molar-refractivity contribution in [3.05, 3.63) is 28.8 Å². The molecule has 0 aliphatic rings. The summed E-state index contributed by atoms with van der Waals surface area (Å²) in [7, 11) is 1.68. The van der Waals surface area contributed by atoms with Crippen LogP contribution < -0.4 is 10.5 Å². The number of likely N-dealkylation sites (N-methyl/N-ethyl adjacent to an activating group) is 1. The minimum atomic E-state index is -0.628. The molecule has 0 atom stereocenters. The summed E-state index contributed by atoms with van der Waals surface area (Å²) in [6, 6.07) is 4.54. The largest absolute Gasteiger partial charge is 0.483 e. The van der Waals surface area contributed by atoms with Crippen LogP contribution in [0.25, 0.3) is 0 Å². The standard InChI is InChI=1S/C13H17ClN2O3/c1-8(2)16(3)12(17)7-19-11-6-9(14)4-5-10(11)13(15)18/h4-6,8H,7H2,1-3H3,(H2,15,18). The van der Waals surface area contributed by atoms with E-state index in [0.717, 1.165) is 0 Å². The van der Waals surface area contributed by atoms with Crippen LogP contribution in [0.15, 0.2) is 18.2 Å². The third-order valence-corrected chi connectivity index (χ3v) is 2.96. The van der Waals surface area contributed by atoms with Gasteiger partial charge < -0.3 is 15.4 Å². The first kappa shape index (κ1) is 15.3. The molecule has 6 heteroatoms. The van der Waals surface area contributed by atoms with E-state index in [1.54, 1.807) is 11.9 Å². The summed E-state index contributed by atoms with van der Waals surface area (Å²) in [6.07, 6.45) is 0. The van der Waals surface area contributed by atoms with Crippen molar-refractivity contribution in [1.29, 1.82) is 0 Å². The first-order valence-corrected chi connectivity index (χ1v) is 6.18. The normalized spacial score (nSPS) is 10.4. The van der Waals surface area contributed by atoms with Gasteiger partial charge in [-0.1, -0.05) is 11.6 Å². The van der Waals surface area contributed by atoms with E-state index in [-0.39, 0.29) is 29.9 Å². The summed E-state index contributed by atoms with van der Waals surface area (Å²) in [5, 5.41) is 0.407. The van der Waals surface area contributed by atoms with Crippen molar-refractivity contribution < 1.29 is 14.3 Å². The van der Waals surface area contributed by atoms with Crippen molar-refractivity contribution in [2.24, 2.45) is 5.73 Å². The highest BCUT2D eigenvalue weighted by molar-refractivity contribution is 6.30. The lowest BCUT2D eigenvalue weighted by Gasteiger charge is -2.21. The number of nitrogens with two attached hydrogens (primary N) is 1. The Hall–Kier alpha value is -1.75. The number of hydrogen-bond acceptors (Lipinski definition) is 3. The molecule has 0 radical (unpaired) electrons. The minimum Gasteiger partial charge on any atom is -0.483 e. The quantitative estimate of drug-likeness (QED) is 0.894. The summed E-state index contributed by atoms with van der Waals surface area (Å²) in [6.45, 7) is 3.62. The van der Waals surface area contributed by atoms with Gasteiger partial charge in [-0.25, -0.2) is 0 Å². The van der Waals surface area contributed by atoms with Gasteiger partial charge in [0.05, 0.1) is 5.56 Å². The second-order valence-corrected chi connectivity index (χ2v) is 4.83. The monoisotopic (exact) mass is 284 g/mol. The van der Waals surface area contributed by atoms with Crippen LogP contribution in [0.4, 0.5) is 0 Å². The molecule has 0 bridgehead atoms. The zero-order valence-electron chi connectivity index (χ0n) is 11.1. The molecule has 2 N–H and O–H groups in total. The molecule has 0 heterocycles. The molecule has 0 aromatic heterocycles. The van der Waals surface area contributed by atoms with Crippen molar-refractivity contribution in [1.82, 2.24) is 4.90 Å². The number of nitrogens with zero attached hydrogens (tertiary/aromatic N) is 1. The number of amides is 2. The zero-order valence-corrected chi connectivity index (χ0v) is 11.9. The summed E-state index contributed by atoms with van der Waals surface area (Å²) in [4.78, 5) is 24.5. The number of primary amides is 1. The number of carbonyl (C=O) groups excluding carboxylic acids is 2. The Morgan fingerprint density at radius 2 is 2.05 bits per heavy atom. The van der Waals surface area contributed by atoms with E-state index in [1.807, 2.05) is 13.8 Å². The lowest BCUT2D eigenvalue weighted by atomic mass is 10.2. The Morgan fingerprint density at radius 1 is 1.42 bits per heavy atom. The Morgan fingerprint density at radius 3 is 2.58 bits per heavy atom. The lowest BCUT2D eigenvalue weighted by molar-refractivity contribution is -0.133. The highest BCUT2D eigenvalue weighted by Crippen LogP contribution is 2.23. The Balaban J connectivity index is 2.80. The van der Waals surface area contributed by atoms with Gasteiger partial charge in [0.25, 0.3) is 11.8 Å². The van der Waals surface area contributed by atoms with Crippen molar-refractivity contribution in [2.75, 3.05) is 13.7 Å². The average Bonchev–Trinajstić information content (AvgIpc) is 2.34. The van der Waals surface area contributed by atoms with Gasteiger partial charge >= 0.3 is 0 Å². The fraction of sp³-hybridized carbons (Fsp3) is 0.385. The van der Waals surface area contributed by atoms with Gasteiger partial charge in [0.15, 0.2) is 6.61 Å². The second-order valence-electron chi connectivity index (χ2n) is 4.39. The minimum absolute atomic E-state index is 0.0751. The molecule has 0 aliphatic heterocycles. The molecule has 0 fully saturated rings. The molecule has 0 saturated carbocycles. The third kappa shape index (κ3) is 4.13. The van der Waals surface area contributed by atoms with Gasteiger partial charge in [0.1, 0.15) is 5.75 Å². The first-order chi connectivity index (χ1) is 8.82. The van der Waals surface area contributed by atoms with E-state index < -0.39 is 5.91 Å². The van der Waals surface area contributed by atoms with Crippen LogP contribution in [-0.4, -0.2) is 36.4 Å². The van der Waals surface area contributed by atoms with Crippen LogP contribution in [0.1, 0.15) is 24.2 Å². The number of halogens is 1. The predicted molar refractivity (Wildman–Crippen MR) is 73.4 cm³/mol. The van der Waals surface area contributed by atoms with Gasteiger partial charge in [-0.05, 0) is 32.0 Å². The fourth-order valence-electron chi connectivity index (χ4n) is 1.35. The van der Waals surface area contributed by atoms with Gasteiger partial charge in [0.2, 0.25) is 0 Å². The Kier molecular flexibility index (Phi) is 5.18. The molecular formula is C13H17ClN2O3. The van der Waals surface area contributed by atoms with Crippen molar-refractivity contribution in [3.63, 3.8) is 0 Å². The van der Waals surface area contributed by atoms with Gasteiger partial charge in [0, 0.05) is 18.1 Å². The predicted octanol–water partition coefficient (Wildman–Crippen LogP) is 1.68. The van der Waals surface area contributed by atoms with Crippen LogP contribution in [0, 0.1) is 0 Å². The summed E-state index contributed by atoms with van der Waals surface area (Å²) < 4.78 is 5.34. The van der Waals surface area contributed by atoms with Crippen LogP contribution in [0.5, 0.6) is 5.75 Å². The maximum Gasteiger partial charge on any atom is 0.260 e. The molecule has 0 spiro atoms. The molecule has 1 rings (SSSR count). The van der Waals surface area contributed by atoms with Crippen LogP contribution in [0.3, 0.4) is 0 Å². The van der Waals surface area contributed by atoms with Crippen LogP contribution in [-0.2, 0) is 4.79 Å². The van der Waals surface area contributed by atoms with Crippen molar-refractivity contribution in [2.45, 2.75) is 19.9 Å². The number of ether oxygens (including phenoxy) is 1. The maximum absolute atomic E-state index is 11.8. The number of rotatable bonds is 5. The number of carbonyl (C=O) groups is 2. The summed E-state index contributed by atoms with van der Waals surface area (Å²) in [5.41, 5.74) is 5.42. The molecule has 104 valence electrons. The van der Waals surface area contributed by atoms with E-state index in [2.05, 4.69) is 0 Å². The van der Waals surface area contributed by atoms with E-state index in [1.165, 1.54) is 18.2 Å². The van der Waals surface area contributed by atoms with Crippen LogP contribution >= 0.6 is 11.6 Å². The third-order valence-electron chi connectivity index (χ3n) is 2.73. The first-order valence-electron chi connectivity index (χ1n) is 5.80. The second kappa shape index (κ2) is 6.43. The Labute approximate surface area is 117 Å². The average molecular weight is 285 g/mol. The van der Waals surface area contributed by atoms with Gasteiger partial charge in [-0.2, -0.15) is 0 Å². The SMILES string of the molecule is CC(C)N(C)C(=O)COc1cc(Cl)ccc1C(N)=O. The molecule has 1 aromatic rings. The topological polar surface area (TPSA) is 72.6 Å². The fourth-order valence-corrected chi connectivity index (χ4v) is 1.51. The van der Waals surface area contributed by atoms with Crippen molar-refractivity contribution in [3.8, 4) is 5.75 Å². The molecule has 19 heavy (non-hydrogen) atoms. The highest BCUT2D eigenvalue weighted by Gasteiger charge is 2.15. The highest BCUT2D eigenvalue weighted by atomic mass is 35.5.